The Morgan fingerprint density at radius 3 is 1.96 bits per heavy atom. The van der Waals surface area contributed by atoms with Gasteiger partial charge >= 0.3 is 5.69 Å². The average molecular weight is 380 g/mol. The van der Waals surface area contributed by atoms with Crippen LogP contribution in [0.4, 0.5) is 5.82 Å². The Labute approximate surface area is 161 Å². The van der Waals surface area contributed by atoms with Crippen LogP contribution in [0.15, 0.2) is 81.3 Å². The van der Waals surface area contributed by atoms with Gasteiger partial charge in [0, 0.05) is 6.07 Å². The molecule has 0 aliphatic heterocycles. The van der Waals surface area contributed by atoms with Gasteiger partial charge in [0.1, 0.15) is 5.82 Å². The molecule has 0 radical (unpaired) electrons. The molecule has 7 heteroatoms. The highest BCUT2D eigenvalue weighted by Crippen LogP contribution is 2.12. The normalized spacial score (nSPS) is 11.5. The molecule has 0 aliphatic rings. The highest BCUT2D eigenvalue weighted by molar-refractivity contribution is 8.13. The van der Waals surface area contributed by atoms with Crippen LogP contribution < -0.4 is 17.0 Å². The quantitative estimate of drug-likeness (QED) is 0.544. The molecule has 2 aromatic carbocycles. The number of aliphatic imine (C=N–C) groups is 1. The fourth-order valence-corrected chi connectivity index (χ4v) is 2.87. The lowest BCUT2D eigenvalue weighted by Crippen LogP contribution is -2.39. The van der Waals surface area contributed by atoms with Gasteiger partial charge in [-0.15, -0.1) is 0 Å². The van der Waals surface area contributed by atoms with Crippen molar-refractivity contribution in [3.05, 3.63) is 98.7 Å². The van der Waals surface area contributed by atoms with Crippen LogP contribution in [0.3, 0.4) is 0 Å². The van der Waals surface area contributed by atoms with Gasteiger partial charge in [-0.3, -0.25) is 13.9 Å². The summed E-state index contributed by atoms with van der Waals surface area (Å²) < 4.78 is 2.69. The Morgan fingerprint density at radius 2 is 1.44 bits per heavy atom. The molecule has 0 unspecified atom stereocenters. The van der Waals surface area contributed by atoms with Gasteiger partial charge in [-0.1, -0.05) is 72.4 Å². The van der Waals surface area contributed by atoms with Crippen LogP contribution in [0.5, 0.6) is 0 Å². The molecule has 0 saturated heterocycles. The maximum atomic E-state index is 13.1. The molecule has 0 amide bonds. The fourth-order valence-electron chi connectivity index (χ4n) is 2.68. The highest BCUT2D eigenvalue weighted by Gasteiger charge is 2.12. The first-order valence-corrected chi connectivity index (χ1v) is 9.61. The molecule has 1 heterocycles. The summed E-state index contributed by atoms with van der Waals surface area (Å²) in [4.78, 5) is 29.9. The smallest absolute Gasteiger partial charge is 0.333 e. The summed E-state index contributed by atoms with van der Waals surface area (Å²) in [5.74, 6) is 0.255. The minimum atomic E-state index is -0.414. The summed E-state index contributed by atoms with van der Waals surface area (Å²) in [6.45, 7) is 0.505. The first kappa shape index (κ1) is 18.7. The number of nitrogens with zero attached hydrogens (tertiary/aromatic N) is 3. The van der Waals surface area contributed by atoms with Crippen molar-refractivity contribution in [1.29, 1.82) is 0 Å². The summed E-state index contributed by atoms with van der Waals surface area (Å²) in [6.07, 6.45) is 1.79. The minimum absolute atomic E-state index is 0.204. The Kier molecular flexibility index (Phi) is 5.93. The summed E-state index contributed by atoms with van der Waals surface area (Å²) >= 11 is 1.26. The Morgan fingerprint density at radius 1 is 0.926 bits per heavy atom. The molecule has 2 N–H and O–H groups in total. The van der Waals surface area contributed by atoms with Crippen molar-refractivity contribution in [2.45, 2.75) is 13.1 Å². The molecule has 0 aliphatic carbocycles. The molecule has 0 spiro atoms. The third-order valence-electron chi connectivity index (χ3n) is 4.06. The first-order chi connectivity index (χ1) is 13.1. The van der Waals surface area contributed by atoms with E-state index >= 15 is 0 Å². The number of thioether (sulfide) groups is 1. The van der Waals surface area contributed by atoms with E-state index in [0.717, 1.165) is 11.1 Å². The van der Waals surface area contributed by atoms with Crippen molar-refractivity contribution >= 4 is 22.7 Å². The molecule has 3 aromatic rings. The van der Waals surface area contributed by atoms with Crippen molar-refractivity contribution in [2.24, 2.45) is 10.7 Å². The summed E-state index contributed by atoms with van der Waals surface area (Å²) in [5, 5.41) is 0.288. The van der Waals surface area contributed by atoms with Crippen LogP contribution in [0.1, 0.15) is 11.1 Å². The SMILES string of the molecule is CSC(N)=Nc1cc(=O)n(Cc2ccccc2)c(=O)n1Cc1ccccc1. The molecule has 0 bridgehead atoms. The largest absolute Gasteiger partial charge is 0.378 e. The van der Waals surface area contributed by atoms with Gasteiger partial charge in [0.25, 0.3) is 5.56 Å². The number of hydrogen-bond donors (Lipinski definition) is 1. The molecule has 6 nitrogen and oxygen atoms in total. The zero-order chi connectivity index (χ0) is 19.2. The van der Waals surface area contributed by atoms with Crippen molar-refractivity contribution in [3.8, 4) is 0 Å². The van der Waals surface area contributed by atoms with Gasteiger partial charge in [0.15, 0.2) is 5.17 Å². The van der Waals surface area contributed by atoms with E-state index in [-0.39, 0.29) is 17.5 Å². The van der Waals surface area contributed by atoms with Crippen LogP contribution in [0, 0.1) is 0 Å². The van der Waals surface area contributed by atoms with Gasteiger partial charge in [-0.2, -0.15) is 0 Å². The Hall–Kier alpha value is -3.06. The van der Waals surface area contributed by atoms with Crippen molar-refractivity contribution in [3.63, 3.8) is 0 Å². The van der Waals surface area contributed by atoms with Crippen LogP contribution in [-0.4, -0.2) is 20.6 Å². The van der Waals surface area contributed by atoms with Crippen LogP contribution in [0.25, 0.3) is 0 Å². The van der Waals surface area contributed by atoms with E-state index in [1.807, 2.05) is 60.7 Å². The van der Waals surface area contributed by atoms with E-state index in [1.165, 1.54) is 27.0 Å². The maximum Gasteiger partial charge on any atom is 0.333 e. The van der Waals surface area contributed by atoms with Gasteiger partial charge in [0.2, 0.25) is 0 Å². The van der Waals surface area contributed by atoms with Crippen LogP contribution in [-0.2, 0) is 13.1 Å². The van der Waals surface area contributed by atoms with Gasteiger partial charge < -0.3 is 5.73 Å². The molecular formula is C20H20N4O2S. The molecule has 27 heavy (non-hydrogen) atoms. The number of hydrogen-bond acceptors (Lipinski definition) is 4. The maximum absolute atomic E-state index is 13.1. The zero-order valence-electron chi connectivity index (χ0n) is 14.9. The van der Waals surface area contributed by atoms with E-state index in [2.05, 4.69) is 4.99 Å². The van der Waals surface area contributed by atoms with E-state index in [0.29, 0.717) is 6.54 Å². The molecule has 3 rings (SSSR count). The van der Waals surface area contributed by atoms with E-state index in [9.17, 15) is 9.59 Å². The minimum Gasteiger partial charge on any atom is -0.378 e. The third-order valence-corrected chi connectivity index (χ3v) is 4.57. The van der Waals surface area contributed by atoms with Gasteiger partial charge in [0.05, 0.1) is 13.1 Å². The molecule has 0 saturated carbocycles. The fraction of sp³-hybridized carbons (Fsp3) is 0.150. The molecule has 0 atom stereocenters. The Bertz CT molecular complexity index is 1060. The highest BCUT2D eigenvalue weighted by atomic mass is 32.2. The van der Waals surface area contributed by atoms with Crippen molar-refractivity contribution < 1.29 is 0 Å². The number of benzene rings is 2. The summed E-state index contributed by atoms with van der Waals surface area (Å²) in [6, 6.07) is 20.3. The predicted molar refractivity (Wildman–Crippen MR) is 111 cm³/mol. The van der Waals surface area contributed by atoms with E-state index < -0.39 is 11.2 Å². The second-order valence-electron chi connectivity index (χ2n) is 5.92. The zero-order valence-corrected chi connectivity index (χ0v) is 15.7. The molecule has 138 valence electrons. The van der Waals surface area contributed by atoms with Gasteiger partial charge in [-0.05, 0) is 17.4 Å². The predicted octanol–water partition coefficient (Wildman–Crippen LogP) is 2.42. The van der Waals surface area contributed by atoms with Gasteiger partial charge in [-0.25, -0.2) is 9.79 Å². The second kappa shape index (κ2) is 8.55. The van der Waals surface area contributed by atoms with Crippen molar-refractivity contribution in [1.82, 2.24) is 9.13 Å². The average Bonchev–Trinajstić information content (AvgIpc) is 2.69. The second-order valence-corrected chi connectivity index (χ2v) is 6.75. The number of amidine groups is 1. The van der Waals surface area contributed by atoms with Crippen LogP contribution >= 0.6 is 11.8 Å². The van der Waals surface area contributed by atoms with Crippen molar-refractivity contribution in [2.75, 3.05) is 6.26 Å². The number of aromatic nitrogens is 2. The summed E-state index contributed by atoms with van der Waals surface area (Å²) in [7, 11) is 0. The lowest BCUT2D eigenvalue weighted by molar-refractivity contribution is 0.615. The van der Waals surface area contributed by atoms with Crippen LogP contribution in [0.2, 0.25) is 0 Å². The first-order valence-electron chi connectivity index (χ1n) is 8.39. The Balaban J connectivity index is 2.13. The summed E-state index contributed by atoms with van der Waals surface area (Å²) in [5.41, 5.74) is 6.81. The number of rotatable bonds is 5. The molecular weight excluding hydrogens is 360 g/mol. The number of nitrogens with two attached hydrogens (primary N) is 1. The third kappa shape index (κ3) is 4.57. The lowest BCUT2D eigenvalue weighted by Gasteiger charge is -2.13. The molecule has 1 aromatic heterocycles. The standard InChI is InChI=1S/C20H20N4O2S/c1-27-19(21)22-17-12-18(25)24(14-16-10-6-3-7-11-16)20(26)23(17)13-15-8-4-2-5-9-15/h2-12H,13-14H2,1H3,(H2,21,22). The lowest BCUT2D eigenvalue weighted by atomic mass is 10.2. The van der Waals surface area contributed by atoms with E-state index in [4.69, 9.17) is 5.73 Å². The molecule has 0 fully saturated rings. The topological polar surface area (TPSA) is 82.4 Å². The monoisotopic (exact) mass is 380 g/mol. The van der Waals surface area contributed by atoms with E-state index in [1.54, 1.807) is 6.26 Å².